The number of nitrogens with zero attached hydrogens (tertiary/aromatic N) is 4. The Bertz CT molecular complexity index is 746. The van der Waals surface area contributed by atoms with E-state index in [0.717, 1.165) is 30.6 Å². The minimum Gasteiger partial charge on any atom is -0.461 e. The summed E-state index contributed by atoms with van der Waals surface area (Å²) in [6.07, 6.45) is 2.84. The number of furan rings is 1. The summed E-state index contributed by atoms with van der Waals surface area (Å²) in [4.78, 5) is 15.0. The quantitative estimate of drug-likeness (QED) is 0.692. The highest BCUT2D eigenvalue weighted by Crippen LogP contribution is 2.30. The zero-order valence-corrected chi connectivity index (χ0v) is 17.7. The fourth-order valence-corrected chi connectivity index (χ4v) is 4.74. The van der Waals surface area contributed by atoms with Gasteiger partial charge in [-0.15, -0.1) is 10.2 Å². The zero-order valence-electron chi connectivity index (χ0n) is 16.9. The van der Waals surface area contributed by atoms with Crippen LogP contribution in [0.5, 0.6) is 0 Å². The van der Waals surface area contributed by atoms with E-state index in [4.69, 9.17) is 4.42 Å². The standard InChI is InChI=1S/C20H30N4O2S/c1-13(2)10-24-18(17-7-6-8-26-17)21-22-20(24)27-16(5)19(25)23-11-14(3)9-15(4)12-23/h6-8,13-16H,9-12H2,1-5H3. The predicted molar refractivity (Wildman–Crippen MR) is 107 cm³/mol. The number of likely N-dealkylation sites (tertiary alicyclic amines) is 1. The van der Waals surface area contributed by atoms with Crippen molar-refractivity contribution in [3.05, 3.63) is 18.4 Å². The summed E-state index contributed by atoms with van der Waals surface area (Å²) in [7, 11) is 0. The van der Waals surface area contributed by atoms with E-state index in [1.54, 1.807) is 6.26 Å². The molecular weight excluding hydrogens is 360 g/mol. The number of rotatable bonds is 6. The van der Waals surface area contributed by atoms with E-state index in [1.807, 2.05) is 24.0 Å². The molecule has 7 heteroatoms. The van der Waals surface area contributed by atoms with Crippen LogP contribution in [-0.2, 0) is 11.3 Å². The first-order chi connectivity index (χ1) is 12.8. The van der Waals surface area contributed by atoms with Crippen molar-refractivity contribution in [2.24, 2.45) is 17.8 Å². The Morgan fingerprint density at radius 2 is 1.96 bits per heavy atom. The monoisotopic (exact) mass is 390 g/mol. The largest absolute Gasteiger partial charge is 0.461 e. The molecule has 2 aromatic rings. The van der Waals surface area contributed by atoms with Gasteiger partial charge in [0, 0.05) is 19.6 Å². The molecule has 148 valence electrons. The van der Waals surface area contributed by atoms with Crippen molar-refractivity contribution >= 4 is 17.7 Å². The number of carbonyl (C=O) groups excluding carboxylic acids is 1. The van der Waals surface area contributed by atoms with E-state index in [-0.39, 0.29) is 11.2 Å². The molecule has 27 heavy (non-hydrogen) atoms. The molecule has 0 bridgehead atoms. The lowest BCUT2D eigenvalue weighted by molar-refractivity contribution is -0.132. The smallest absolute Gasteiger partial charge is 0.235 e. The van der Waals surface area contributed by atoms with Gasteiger partial charge in [0.05, 0.1) is 11.5 Å². The number of piperidine rings is 1. The normalized spacial score (nSPS) is 21.6. The van der Waals surface area contributed by atoms with Gasteiger partial charge in [-0.25, -0.2) is 0 Å². The molecule has 0 aromatic carbocycles. The van der Waals surface area contributed by atoms with Crippen LogP contribution in [0.2, 0.25) is 0 Å². The Morgan fingerprint density at radius 3 is 2.56 bits per heavy atom. The number of aromatic nitrogens is 3. The van der Waals surface area contributed by atoms with E-state index < -0.39 is 0 Å². The molecule has 3 rings (SSSR count). The van der Waals surface area contributed by atoms with Gasteiger partial charge < -0.3 is 9.32 Å². The molecule has 1 amide bonds. The molecule has 1 saturated heterocycles. The molecule has 3 unspecified atom stereocenters. The summed E-state index contributed by atoms with van der Waals surface area (Å²) < 4.78 is 7.59. The highest BCUT2D eigenvalue weighted by molar-refractivity contribution is 8.00. The first-order valence-electron chi connectivity index (χ1n) is 9.77. The van der Waals surface area contributed by atoms with Gasteiger partial charge in [0.25, 0.3) is 0 Å². The van der Waals surface area contributed by atoms with Gasteiger partial charge in [-0.2, -0.15) is 0 Å². The van der Waals surface area contributed by atoms with E-state index in [2.05, 4.69) is 42.5 Å². The maximum absolute atomic E-state index is 13.0. The molecule has 0 N–H and O–H groups in total. The molecule has 0 radical (unpaired) electrons. The first-order valence-corrected chi connectivity index (χ1v) is 10.7. The fourth-order valence-electron chi connectivity index (χ4n) is 3.80. The van der Waals surface area contributed by atoms with Crippen LogP contribution in [0.1, 0.15) is 41.0 Å². The zero-order chi connectivity index (χ0) is 19.6. The number of carbonyl (C=O) groups is 1. The van der Waals surface area contributed by atoms with Crippen LogP contribution in [0.15, 0.2) is 28.0 Å². The van der Waals surface area contributed by atoms with Crippen molar-refractivity contribution in [3.8, 4) is 11.6 Å². The number of amides is 1. The molecule has 2 aromatic heterocycles. The second-order valence-corrected chi connectivity index (χ2v) is 9.55. The van der Waals surface area contributed by atoms with Gasteiger partial charge in [-0.05, 0) is 43.2 Å². The lowest BCUT2D eigenvalue weighted by atomic mass is 9.92. The Labute approximate surface area is 165 Å². The third kappa shape index (κ3) is 4.75. The van der Waals surface area contributed by atoms with Crippen LogP contribution in [-0.4, -0.2) is 43.9 Å². The van der Waals surface area contributed by atoms with Crippen LogP contribution >= 0.6 is 11.8 Å². The second-order valence-electron chi connectivity index (χ2n) is 8.24. The lowest BCUT2D eigenvalue weighted by Crippen LogP contribution is -2.45. The van der Waals surface area contributed by atoms with Crippen LogP contribution in [0.25, 0.3) is 11.6 Å². The summed E-state index contributed by atoms with van der Waals surface area (Å²) in [5, 5.41) is 9.28. The van der Waals surface area contributed by atoms with Crippen LogP contribution in [0.4, 0.5) is 0 Å². The van der Waals surface area contributed by atoms with E-state index in [1.165, 1.54) is 18.2 Å². The Balaban J connectivity index is 1.77. The summed E-state index contributed by atoms with van der Waals surface area (Å²) in [6.45, 7) is 13.2. The second kappa shape index (κ2) is 8.50. The first kappa shape index (κ1) is 20.0. The third-order valence-electron chi connectivity index (χ3n) is 4.82. The molecular formula is C20H30N4O2S. The van der Waals surface area contributed by atoms with Gasteiger partial charge in [0.2, 0.25) is 5.91 Å². The van der Waals surface area contributed by atoms with Crippen molar-refractivity contribution in [1.29, 1.82) is 0 Å². The van der Waals surface area contributed by atoms with Crippen LogP contribution in [0, 0.1) is 17.8 Å². The molecule has 0 aliphatic carbocycles. The number of hydrogen-bond donors (Lipinski definition) is 0. The van der Waals surface area contributed by atoms with Gasteiger partial charge in [0.15, 0.2) is 16.7 Å². The van der Waals surface area contributed by atoms with E-state index in [0.29, 0.717) is 23.5 Å². The van der Waals surface area contributed by atoms with Crippen LogP contribution in [0.3, 0.4) is 0 Å². The molecule has 1 aliphatic heterocycles. The van der Waals surface area contributed by atoms with Crippen molar-refractivity contribution in [2.75, 3.05) is 13.1 Å². The third-order valence-corrected chi connectivity index (χ3v) is 5.88. The van der Waals surface area contributed by atoms with Gasteiger partial charge in [-0.1, -0.05) is 39.5 Å². The maximum atomic E-state index is 13.0. The average molecular weight is 391 g/mol. The van der Waals surface area contributed by atoms with Crippen molar-refractivity contribution < 1.29 is 9.21 Å². The number of thioether (sulfide) groups is 1. The van der Waals surface area contributed by atoms with Crippen LogP contribution < -0.4 is 0 Å². The molecule has 1 fully saturated rings. The summed E-state index contributed by atoms with van der Waals surface area (Å²) >= 11 is 1.49. The minimum atomic E-state index is -0.193. The van der Waals surface area contributed by atoms with E-state index >= 15 is 0 Å². The Hall–Kier alpha value is -1.76. The molecule has 3 atom stereocenters. The lowest BCUT2D eigenvalue weighted by Gasteiger charge is -2.36. The van der Waals surface area contributed by atoms with Gasteiger partial charge in [-0.3, -0.25) is 9.36 Å². The summed E-state index contributed by atoms with van der Waals surface area (Å²) in [5.41, 5.74) is 0. The minimum absolute atomic E-state index is 0.192. The summed E-state index contributed by atoms with van der Waals surface area (Å²) in [6, 6.07) is 3.74. The molecule has 0 spiro atoms. The fraction of sp³-hybridized carbons (Fsp3) is 0.650. The SMILES string of the molecule is CC(C)Cn1c(SC(C)C(=O)N2CC(C)CC(C)C2)nnc1-c1ccco1. The molecule has 6 nitrogen and oxygen atoms in total. The number of hydrogen-bond acceptors (Lipinski definition) is 5. The van der Waals surface area contributed by atoms with Gasteiger partial charge in [0.1, 0.15) is 0 Å². The Kier molecular flexibility index (Phi) is 6.29. The average Bonchev–Trinajstić information content (AvgIpc) is 3.23. The molecule has 1 aliphatic rings. The van der Waals surface area contributed by atoms with E-state index in [9.17, 15) is 4.79 Å². The highest BCUT2D eigenvalue weighted by Gasteiger charge is 2.30. The molecule has 3 heterocycles. The maximum Gasteiger partial charge on any atom is 0.235 e. The molecule has 0 saturated carbocycles. The van der Waals surface area contributed by atoms with Gasteiger partial charge >= 0.3 is 0 Å². The topological polar surface area (TPSA) is 64.2 Å². The Morgan fingerprint density at radius 1 is 1.26 bits per heavy atom. The predicted octanol–water partition coefficient (Wildman–Crippen LogP) is 4.18. The van der Waals surface area contributed by atoms with Crippen molar-refractivity contribution in [3.63, 3.8) is 0 Å². The van der Waals surface area contributed by atoms with Crippen molar-refractivity contribution in [2.45, 2.75) is 58.0 Å². The highest BCUT2D eigenvalue weighted by atomic mass is 32.2. The summed E-state index contributed by atoms with van der Waals surface area (Å²) in [5.74, 6) is 3.17. The van der Waals surface area contributed by atoms with Crippen molar-refractivity contribution in [1.82, 2.24) is 19.7 Å².